The van der Waals surface area contributed by atoms with Gasteiger partial charge in [-0.05, 0) is 50.7 Å². The van der Waals surface area contributed by atoms with Gasteiger partial charge >= 0.3 is 0 Å². The van der Waals surface area contributed by atoms with Gasteiger partial charge in [-0.25, -0.2) is 4.98 Å². The Morgan fingerprint density at radius 2 is 2.15 bits per heavy atom. The van der Waals surface area contributed by atoms with Crippen LogP contribution in [0.4, 0.5) is 5.82 Å². The molecule has 4 nitrogen and oxygen atoms in total. The lowest BCUT2D eigenvalue weighted by atomic mass is 10.1. The highest BCUT2D eigenvalue weighted by Crippen LogP contribution is 2.27. The van der Waals surface area contributed by atoms with Gasteiger partial charge in [0.2, 0.25) is 0 Å². The Hall–Kier alpha value is -1.13. The molecule has 1 aliphatic heterocycles. The number of rotatable bonds is 5. The summed E-state index contributed by atoms with van der Waals surface area (Å²) in [6, 6.07) is 2.89. The molecule has 0 bridgehead atoms. The van der Waals surface area contributed by atoms with E-state index in [2.05, 4.69) is 56.0 Å². The van der Waals surface area contributed by atoms with Crippen molar-refractivity contribution in [3.63, 3.8) is 0 Å². The highest BCUT2D eigenvalue weighted by atomic mass is 15.3. The van der Waals surface area contributed by atoms with Crippen LogP contribution in [0.3, 0.4) is 0 Å². The van der Waals surface area contributed by atoms with Crippen molar-refractivity contribution in [3.05, 3.63) is 23.4 Å². The summed E-state index contributed by atoms with van der Waals surface area (Å²) >= 11 is 0. The van der Waals surface area contributed by atoms with Crippen molar-refractivity contribution >= 4 is 5.82 Å². The molecule has 1 aromatic rings. The first kappa shape index (κ1) is 15.3. The van der Waals surface area contributed by atoms with Gasteiger partial charge in [0, 0.05) is 31.9 Å². The maximum absolute atomic E-state index is 4.71. The number of hydrogen-bond donors (Lipinski definition) is 1. The summed E-state index contributed by atoms with van der Waals surface area (Å²) in [4.78, 5) is 9.47. The number of hydrogen-bond acceptors (Lipinski definition) is 4. The van der Waals surface area contributed by atoms with Gasteiger partial charge in [-0.2, -0.15) is 0 Å². The average molecular weight is 276 g/mol. The fourth-order valence-corrected chi connectivity index (χ4v) is 3.12. The molecule has 1 N–H and O–H groups in total. The Balaban J connectivity index is 2.10. The van der Waals surface area contributed by atoms with Crippen molar-refractivity contribution in [2.24, 2.45) is 5.92 Å². The number of aromatic nitrogens is 1. The number of pyridine rings is 1. The van der Waals surface area contributed by atoms with Gasteiger partial charge < -0.3 is 15.1 Å². The van der Waals surface area contributed by atoms with Crippen molar-refractivity contribution in [1.29, 1.82) is 0 Å². The van der Waals surface area contributed by atoms with Crippen LogP contribution >= 0.6 is 0 Å². The standard InChI is InChI=1S/C16H28N4/c1-6-17-8-14-7-12(2)16(18-9-14)20-10-13(3)15(11-20)19(4)5/h7,9,13,15,17H,6,8,10-11H2,1-5H3. The topological polar surface area (TPSA) is 31.4 Å². The lowest BCUT2D eigenvalue weighted by Gasteiger charge is -2.23. The summed E-state index contributed by atoms with van der Waals surface area (Å²) < 4.78 is 0. The zero-order valence-electron chi connectivity index (χ0n) is 13.5. The summed E-state index contributed by atoms with van der Waals surface area (Å²) in [5.74, 6) is 1.84. The molecule has 112 valence electrons. The second kappa shape index (κ2) is 6.55. The molecule has 0 amide bonds. The van der Waals surface area contributed by atoms with Gasteiger partial charge in [-0.15, -0.1) is 0 Å². The molecular weight excluding hydrogens is 248 g/mol. The largest absolute Gasteiger partial charge is 0.354 e. The van der Waals surface area contributed by atoms with Gasteiger partial charge in [0.05, 0.1) is 0 Å². The molecule has 0 aliphatic carbocycles. The monoisotopic (exact) mass is 276 g/mol. The lowest BCUT2D eigenvalue weighted by molar-refractivity contribution is 0.266. The van der Waals surface area contributed by atoms with Crippen molar-refractivity contribution < 1.29 is 0 Å². The summed E-state index contributed by atoms with van der Waals surface area (Å²) in [6.07, 6.45) is 2.01. The third-order valence-electron chi connectivity index (χ3n) is 4.22. The molecule has 0 spiro atoms. The zero-order chi connectivity index (χ0) is 14.7. The van der Waals surface area contributed by atoms with E-state index >= 15 is 0 Å². The SMILES string of the molecule is CCNCc1cnc(N2CC(C)C(N(C)C)C2)c(C)c1. The highest BCUT2D eigenvalue weighted by Gasteiger charge is 2.32. The molecule has 1 aromatic heterocycles. The second-order valence-electron chi connectivity index (χ2n) is 6.18. The van der Waals surface area contributed by atoms with Crippen LogP contribution in [0.5, 0.6) is 0 Å². The first-order chi connectivity index (χ1) is 9.52. The number of anilines is 1. The summed E-state index contributed by atoms with van der Waals surface area (Å²) in [5.41, 5.74) is 2.55. The van der Waals surface area contributed by atoms with Crippen LogP contribution < -0.4 is 10.2 Å². The smallest absolute Gasteiger partial charge is 0.131 e. The Kier molecular flexibility index (Phi) is 5.00. The van der Waals surface area contributed by atoms with E-state index in [0.717, 1.165) is 32.0 Å². The van der Waals surface area contributed by atoms with E-state index in [0.29, 0.717) is 12.0 Å². The molecule has 2 atom stereocenters. The van der Waals surface area contributed by atoms with Crippen LogP contribution in [0.2, 0.25) is 0 Å². The molecule has 0 aromatic carbocycles. The first-order valence-corrected chi connectivity index (χ1v) is 7.60. The van der Waals surface area contributed by atoms with Crippen LogP contribution in [0.15, 0.2) is 12.3 Å². The van der Waals surface area contributed by atoms with Crippen LogP contribution in [0.1, 0.15) is 25.0 Å². The first-order valence-electron chi connectivity index (χ1n) is 7.60. The Bertz CT molecular complexity index is 444. The molecule has 2 unspecified atom stereocenters. The number of likely N-dealkylation sites (N-methyl/N-ethyl adjacent to an activating group) is 1. The molecule has 2 rings (SSSR count). The van der Waals surface area contributed by atoms with Crippen molar-refractivity contribution in [3.8, 4) is 0 Å². The number of nitrogens with one attached hydrogen (secondary N) is 1. The predicted molar refractivity (Wildman–Crippen MR) is 85.2 cm³/mol. The van der Waals surface area contributed by atoms with Gasteiger partial charge in [0.15, 0.2) is 0 Å². The second-order valence-corrected chi connectivity index (χ2v) is 6.18. The fourth-order valence-electron chi connectivity index (χ4n) is 3.12. The molecule has 2 heterocycles. The molecule has 0 radical (unpaired) electrons. The van der Waals surface area contributed by atoms with E-state index in [1.54, 1.807) is 0 Å². The molecule has 20 heavy (non-hydrogen) atoms. The minimum Gasteiger partial charge on any atom is -0.354 e. The van der Waals surface area contributed by atoms with Crippen molar-refractivity contribution in [1.82, 2.24) is 15.2 Å². The molecule has 1 saturated heterocycles. The summed E-state index contributed by atoms with van der Waals surface area (Å²) in [6.45, 7) is 10.7. The van der Waals surface area contributed by atoms with Crippen LogP contribution in [0, 0.1) is 12.8 Å². The van der Waals surface area contributed by atoms with Gasteiger partial charge in [-0.3, -0.25) is 0 Å². The minimum absolute atomic E-state index is 0.623. The van der Waals surface area contributed by atoms with Crippen molar-refractivity contribution in [2.45, 2.75) is 33.4 Å². The summed E-state index contributed by atoms with van der Waals surface area (Å²) in [7, 11) is 4.34. The highest BCUT2D eigenvalue weighted by molar-refractivity contribution is 5.48. The molecule has 1 aliphatic rings. The quantitative estimate of drug-likeness (QED) is 0.890. The van der Waals surface area contributed by atoms with Crippen LogP contribution in [-0.4, -0.2) is 49.7 Å². The molecule has 0 saturated carbocycles. The number of nitrogens with zero attached hydrogens (tertiary/aromatic N) is 3. The fraction of sp³-hybridized carbons (Fsp3) is 0.688. The normalized spacial score (nSPS) is 22.8. The van der Waals surface area contributed by atoms with Gasteiger partial charge in [0.25, 0.3) is 0 Å². The Morgan fingerprint density at radius 3 is 2.70 bits per heavy atom. The van der Waals surface area contributed by atoms with E-state index < -0.39 is 0 Å². The van der Waals surface area contributed by atoms with E-state index in [4.69, 9.17) is 4.98 Å². The maximum Gasteiger partial charge on any atom is 0.131 e. The predicted octanol–water partition coefficient (Wildman–Crippen LogP) is 1.89. The van der Waals surface area contributed by atoms with E-state index in [1.807, 2.05) is 6.20 Å². The molecule has 4 heteroatoms. The maximum atomic E-state index is 4.71. The lowest BCUT2D eigenvalue weighted by Crippen LogP contribution is -2.34. The minimum atomic E-state index is 0.623. The van der Waals surface area contributed by atoms with Crippen LogP contribution in [0.25, 0.3) is 0 Å². The van der Waals surface area contributed by atoms with Crippen molar-refractivity contribution in [2.75, 3.05) is 38.6 Å². The molecular formula is C16H28N4. The third kappa shape index (κ3) is 3.30. The number of aryl methyl sites for hydroxylation is 1. The van der Waals surface area contributed by atoms with Gasteiger partial charge in [0.1, 0.15) is 5.82 Å². The van der Waals surface area contributed by atoms with E-state index in [-0.39, 0.29) is 0 Å². The molecule has 1 fully saturated rings. The third-order valence-corrected chi connectivity index (χ3v) is 4.22. The van der Waals surface area contributed by atoms with E-state index in [9.17, 15) is 0 Å². The zero-order valence-corrected chi connectivity index (χ0v) is 13.5. The van der Waals surface area contributed by atoms with E-state index in [1.165, 1.54) is 11.1 Å². The van der Waals surface area contributed by atoms with Crippen LogP contribution in [-0.2, 0) is 6.54 Å². The Labute approximate surface area is 123 Å². The van der Waals surface area contributed by atoms with Gasteiger partial charge in [-0.1, -0.05) is 13.8 Å². The Morgan fingerprint density at radius 1 is 1.40 bits per heavy atom. The average Bonchev–Trinajstić information content (AvgIpc) is 2.78. The summed E-state index contributed by atoms with van der Waals surface area (Å²) in [5, 5.41) is 3.35.